The molecule has 100 valence electrons. The minimum absolute atomic E-state index is 0.146. The van der Waals surface area contributed by atoms with Crippen LogP contribution in [0.2, 0.25) is 0 Å². The van der Waals surface area contributed by atoms with E-state index >= 15 is 0 Å². The Bertz CT molecular complexity index is 567. The van der Waals surface area contributed by atoms with Crippen LogP contribution in [-0.2, 0) is 6.54 Å². The highest BCUT2D eigenvalue weighted by Crippen LogP contribution is 2.08. The lowest BCUT2D eigenvalue weighted by atomic mass is 10.4. The second-order valence-electron chi connectivity index (χ2n) is 3.84. The second-order valence-corrected chi connectivity index (χ2v) is 3.84. The average molecular weight is 267 g/mol. The summed E-state index contributed by atoms with van der Waals surface area (Å²) in [5, 5.41) is 6.20. The Morgan fingerprint density at radius 3 is 2.79 bits per heavy atom. The Morgan fingerprint density at radius 2 is 2.16 bits per heavy atom. The Kier molecular flexibility index (Phi) is 3.79. The molecule has 0 unspecified atom stereocenters. The predicted octanol–water partition coefficient (Wildman–Crippen LogP) is 1.50. The van der Waals surface area contributed by atoms with Gasteiger partial charge in [-0.2, -0.15) is 5.10 Å². The Hall–Kier alpha value is -2.38. The van der Waals surface area contributed by atoms with Crippen molar-refractivity contribution in [1.82, 2.24) is 19.7 Å². The number of hydrogen-bond acceptors (Lipinski definition) is 4. The topological polar surface area (TPSA) is 72.7 Å². The summed E-state index contributed by atoms with van der Waals surface area (Å²) >= 11 is 0. The monoisotopic (exact) mass is 267 g/mol. The Balaban J connectivity index is 2.02. The van der Waals surface area contributed by atoms with E-state index < -0.39 is 18.9 Å². The number of carbonyl (C=O) groups is 1. The van der Waals surface area contributed by atoms with Gasteiger partial charge in [-0.15, -0.1) is 0 Å². The number of carbonyl (C=O) groups excluding carboxylic acids is 1. The van der Waals surface area contributed by atoms with Crippen LogP contribution < -0.4 is 5.32 Å². The molecule has 2 rings (SSSR count). The van der Waals surface area contributed by atoms with Gasteiger partial charge in [0.2, 0.25) is 0 Å². The molecule has 0 aromatic carbocycles. The maximum atomic E-state index is 12.1. The second kappa shape index (κ2) is 5.51. The number of alkyl halides is 2. The van der Waals surface area contributed by atoms with Crippen molar-refractivity contribution in [2.24, 2.45) is 0 Å². The number of nitrogens with one attached hydrogen (secondary N) is 1. The fourth-order valence-corrected chi connectivity index (χ4v) is 1.37. The number of nitrogens with zero attached hydrogens (tertiary/aromatic N) is 4. The first kappa shape index (κ1) is 13.1. The van der Waals surface area contributed by atoms with E-state index in [0.29, 0.717) is 11.4 Å². The standard InChI is InChI=1S/C11H11F2N5O/c1-7-2-15-9(4-14-7)11(19)17-8-3-16-18(5-8)6-10(12)13/h2-5,10H,6H2,1H3,(H,17,19). The van der Waals surface area contributed by atoms with Gasteiger partial charge in [0.05, 0.1) is 23.8 Å². The van der Waals surface area contributed by atoms with Gasteiger partial charge in [0.1, 0.15) is 12.2 Å². The summed E-state index contributed by atoms with van der Waals surface area (Å²) in [6.07, 6.45) is 2.93. The largest absolute Gasteiger partial charge is 0.318 e. The quantitative estimate of drug-likeness (QED) is 0.911. The van der Waals surface area contributed by atoms with Crippen molar-refractivity contribution in [3.05, 3.63) is 36.2 Å². The van der Waals surface area contributed by atoms with E-state index in [9.17, 15) is 13.6 Å². The van der Waals surface area contributed by atoms with Gasteiger partial charge in [0.25, 0.3) is 12.3 Å². The van der Waals surface area contributed by atoms with Crippen molar-refractivity contribution < 1.29 is 13.6 Å². The number of rotatable bonds is 4. The van der Waals surface area contributed by atoms with Crippen molar-refractivity contribution in [3.8, 4) is 0 Å². The molecular formula is C11H11F2N5O. The molecule has 6 nitrogen and oxygen atoms in total. The summed E-state index contributed by atoms with van der Waals surface area (Å²) in [7, 11) is 0. The third kappa shape index (κ3) is 3.54. The number of aryl methyl sites for hydroxylation is 1. The van der Waals surface area contributed by atoms with Crippen LogP contribution in [0.25, 0.3) is 0 Å². The summed E-state index contributed by atoms with van der Waals surface area (Å²) in [5.41, 5.74) is 1.17. The third-order valence-corrected chi connectivity index (χ3v) is 2.23. The van der Waals surface area contributed by atoms with Gasteiger partial charge in [-0.1, -0.05) is 0 Å². The SMILES string of the molecule is Cc1cnc(C(=O)Nc2cnn(CC(F)F)c2)cn1. The molecule has 1 amide bonds. The summed E-state index contributed by atoms with van der Waals surface area (Å²) in [5.74, 6) is -0.468. The summed E-state index contributed by atoms with van der Waals surface area (Å²) < 4.78 is 25.3. The zero-order valence-corrected chi connectivity index (χ0v) is 10.0. The molecule has 2 aromatic rings. The number of anilines is 1. The molecule has 0 aliphatic heterocycles. The van der Waals surface area contributed by atoms with Crippen LogP contribution in [0.15, 0.2) is 24.8 Å². The third-order valence-electron chi connectivity index (χ3n) is 2.23. The van der Waals surface area contributed by atoms with Gasteiger partial charge in [-0.25, -0.2) is 13.8 Å². The van der Waals surface area contributed by atoms with Crippen LogP contribution in [0, 0.1) is 6.92 Å². The highest BCUT2D eigenvalue weighted by molar-refractivity contribution is 6.02. The van der Waals surface area contributed by atoms with Crippen LogP contribution in [0.5, 0.6) is 0 Å². The Morgan fingerprint density at radius 1 is 1.37 bits per heavy atom. The predicted molar refractivity (Wildman–Crippen MR) is 63.0 cm³/mol. The molecule has 0 fully saturated rings. The summed E-state index contributed by atoms with van der Waals surface area (Å²) in [6.45, 7) is 1.24. The van der Waals surface area contributed by atoms with Gasteiger partial charge in [0, 0.05) is 12.4 Å². The van der Waals surface area contributed by atoms with E-state index in [-0.39, 0.29) is 5.69 Å². The van der Waals surface area contributed by atoms with Crippen LogP contribution >= 0.6 is 0 Å². The van der Waals surface area contributed by atoms with Crippen LogP contribution in [-0.4, -0.2) is 32.1 Å². The molecule has 0 spiro atoms. The summed E-state index contributed by atoms with van der Waals surface area (Å²) in [6, 6.07) is 0. The van der Waals surface area contributed by atoms with E-state index in [1.54, 1.807) is 6.92 Å². The van der Waals surface area contributed by atoms with E-state index in [1.165, 1.54) is 24.8 Å². The maximum absolute atomic E-state index is 12.1. The minimum Gasteiger partial charge on any atom is -0.318 e. The molecule has 1 N–H and O–H groups in total. The van der Waals surface area contributed by atoms with Crippen LogP contribution in [0.1, 0.15) is 16.2 Å². The molecule has 0 atom stereocenters. The first-order chi connectivity index (χ1) is 9.04. The fourth-order valence-electron chi connectivity index (χ4n) is 1.37. The van der Waals surface area contributed by atoms with E-state index in [4.69, 9.17) is 0 Å². The van der Waals surface area contributed by atoms with E-state index in [0.717, 1.165) is 4.68 Å². The van der Waals surface area contributed by atoms with Crippen molar-refractivity contribution in [1.29, 1.82) is 0 Å². The average Bonchev–Trinajstić information content (AvgIpc) is 2.76. The lowest BCUT2D eigenvalue weighted by Crippen LogP contribution is -2.14. The molecule has 0 aliphatic carbocycles. The molecule has 2 heterocycles. The van der Waals surface area contributed by atoms with Gasteiger partial charge >= 0.3 is 0 Å². The van der Waals surface area contributed by atoms with Gasteiger partial charge in [-0.05, 0) is 6.92 Å². The van der Waals surface area contributed by atoms with Crippen molar-refractivity contribution in [3.63, 3.8) is 0 Å². The first-order valence-electron chi connectivity index (χ1n) is 5.45. The number of hydrogen-bond donors (Lipinski definition) is 1. The van der Waals surface area contributed by atoms with Gasteiger partial charge < -0.3 is 5.32 Å². The van der Waals surface area contributed by atoms with Crippen molar-refractivity contribution in [2.75, 3.05) is 5.32 Å². The molecule has 8 heteroatoms. The smallest absolute Gasteiger partial charge is 0.275 e. The van der Waals surface area contributed by atoms with Crippen molar-refractivity contribution >= 4 is 11.6 Å². The molecule has 19 heavy (non-hydrogen) atoms. The van der Waals surface area contributed by atoms with Crippen LogP contribution in [0.4, 0.5) is 14.5 Å². The highest BCUT2D eigenvalue weighted by atomic mass is 19.3. The highest BCUT2D eigenvalue weighted by Gasteiger charge is 2.10. The minimum atomic E-state index is -2.49. The van der Waals surface area contributed by atoms with E-state index in [2.05, 4.69) is 20.4 Å². The maximum Gasteiger partial charge on any atom is 0.275 e. The fraction of sp³-hybridized carbons (Fsp3) is 0.273. The molecule has 2 aromatic heterocycles. The van der Waals surface area contributed by atoms with E-state index in [1.807, 2.05) is 0 Å². The molecule has 0 saturated carbocycles. The molecule has 0 saturated heterocycles. The lowest BCUT2D eigenvalue weighted by molar-refractivity contribution is 0.102. The van der Waals surface area contributed by atoms with Crippen molar-refractivity contribution in [2.45, 2.75) is 19.9 Å². The summed E-state index contributed by atoms with van der Waals surface area (Å²) in [4.78, 5) is 19.6. The zero-order valence-electron chi connectivity index (χ0n) is 10.0. The normalized spacial score (nSPS) is 10.7. The van der Waals surface area contributed by atoms with Gasteiger partial charge in [0.15, 0.2) is 0 Å². The lowest BCUT2D eigenvalue weighted by Gasteiger charge is -2.01. The molecule has 0 radical (unpaired) electrons. The number of halogens is 2. The number of amides is 1. The molecule has 0 aliphatic rings. The van der Waals surface area contributed by atoms with Gasteiger partial charge in [-0.3, -0.25) is 14.5 Å². The molecule has 0 bridgehead atoms. The number of aromatic nitrogens is 4. The molecular weight excluding hydrogens is 256 g/mol. The zero-order chi connectivity index (χ0) is 13.8. The van der Waals surface area contributed by atoms with Crippen LogP contribution in [0.3, 0.4) is 0 Å². The first-order valence-corrected chi connectivity index (χ1v) is 5.45. The Labute approximate surface area is 107 Å².